The van der Waals surface area contributed by atoms with Gasteiger partial charge in [-0.1, -0.05) is 19.1 Å². The number of nitrogens with one attached hydrogen (secondary N) is 2. The van der Waals surface area contributed by atoms with Crippen LogP contribution in [-0.4, -0.2) is 13.1 Å². The summed E-state index contributed by atoms with van der Waals surface area (Å²) >= 11 is 0. The lowest BCUT2D eigenvalue weighted by atomic mass is 10.0. The van der Waals surface area contributed by atoms with Gasteiger partial charge in [-0.25, -0.2) is 4.39 Å². The van der Waals surface area contributed by atoms with Crippen molar-refractivity contribution in [3.8, 4) is 0 Å². The van der Waals surface area contributed by atoms with Crippen molar-refractivity contribution in [1.82, 2.24) is 10.6 Å². The molecule has 2 nitrogen and oxygen atoms in total. The fourth-order valence-electron chi connectivity index (χ4n) is 1.81. The van der Waals surface area contributed by atoms with E-state index in [1.165, 1.54) is 0 Å². The van der Waals surface area contributed by atoms with Crippen molar-refractivity contribution in [2.45, 2.75) is 20.0 Å². The number of halogens is 1. The average Bonchev–Trinajstić information content (AvgIpc) is 2.23. The number of hydrogen-bond donors (Lipinski definition) is 2. The van der Waals surface area contributed by atoms with Gasteiger partial charge < -0.3 is 0 Å². The Labute approximate surface area is 89.9 Å². The molecule has 1 saturated heterocycles. The van der Waals surface area contributed by atoms with Crippen LogP contribution >= 0.6 is 0 Å². The molecule has 0 amide bonds. The number of benzene rings is 1. The zero-order valence-corrected chi connectivity index (χ0v) is 9.18. The van der Waals surface area contributed by atoms with E-state index in [1.54, 1.807) is 13.0 Å². The SMILES string of the molecule is Cc1ccc(C2NCC(C)CN2)cc1F. The molecule has 3 heteroatoms. The van der Waals surface area contributed by atoms with Gasteiger partial charge in [-0.2, -0.15) is 0 Å². The lowest BCUT2D eigenvalue weighted by Crippen LogP contribution is -2.45. The highest BCUT2D eigenvalue weighted by atomic mass is 19.1. The lowest BCUT2D eigenvalue weighted by Gasteiger charge is -2.29. The largest absolute Gasteiger partial charge is 0.298 e. The minimum Gasteiger partial charge on any atom is -0.298 e. The van der Waals surface area contributed by atoms with Gasteiger partial charge in [-0.05, 0) is 30.0 Å². The molecule has 0 aromatic heterocycles. The smallest absolute Gasteiger partial charge is 0.126 e. The Morgan fingerprint density at radius 3 is 2.53 bits per heavy atom. The first-order chi connectivity index (χ1) is 7.16. The Morgan fingerprint density at radius 1 is 1.27 bits per heavy atom. The van der Waals surface area contributed by atoms with Crippen LogP contribution in [0.1, 0.15) is 24.2 Å². The first-order valence-corrected chi connectivity index (χ1v) is 5.39. The molecule has 0 atom stereocenters. The molecular weight excluding hydrogens is 191 g/mol. The fourth-order valence-corrected chi connectivity index (χ4v) is 1.81. The summed E-state index contributed by atoms with van der Waals surface area (Å²) in [5, 5.41) is 6.71. The van der Waals surface area contributed by atoms with Crippen molar-refractivity contribution in [3.63, 3.8) is 0 Å². The summed E-state index contributed by atoms with van der Waals surface area (Å²) in [5.41, 5.74) is 1.67. The summed E-state index contributed by atoms with van der Waals surface area (Å²) in [6.45, 7) is 5.93. The minimum absolute atomic E-state index is 0.0938. The third-order valence-electron chi connectivity index (χ3n) is 2.87. The first-order valence-electron chi connectivity index (χ1n) is 5.39. The van der Waals surface area contributed by atoms with Gasteiger partial charge in [0.25, 0.3) is 0 Å². The van der Waals surface area contributed by atoms with Crippen LogP contribution in [0.2, 0.25) is 0 Å². The Balaban J connectivity index is 2.12. The van der Waals surface area contributed by atoms with Crippen LogP contribution < -0.4 is 10.6 Å². The molecule has 15 heavy (non-hydrogen) atoms. The predicted molar refractivity (Wildman–Crippen MR) is 59.0 cm³/mol. The third kappa shape index (κ3) is 2.36. The summed E-state index contributed by atoms with van der Waals surface area (Å²) in [6, 6.07) is 5.40. The molecule has 2 N–H and O–H groups in total. The second-order valence-corrected chi connectivity index (χ2v) is 4.36. The summed E-state index contributed by atoms with van der Waals surface area (Å²) in [7, 11) is 0. The quantitative estimate of drug-likeness (QED) is 0.737. The standard InChI is InChI=1S/C12H17FN2/c1-8-6-14-12(15-7-8)10-4-3-9(2)11(13)5-10/h3-5,8,12,14-15H,6-7H2,1-2H3. The average molecular weight is 208 g/mol. The van der Waals surface area contributed by atoms with Crippen LogP contribution in [0.15, 0.2) is 18.2 Å². The zero-order valence-electron chi connectivity index (χ0n) is 9.18. The highest BCUT2D eigenvalue weighted by Gasteiger charge is 2.18. The van der Waals surface area contributed by atoms with Crippen molar-refractivity contribution in [3.05, 3.63) is 35.1 Å². The lowest BCUT2D eigenvalue weighted by molar-refractivity contribution is 0.313. The molecule has 2 rings (SSSR count). The van der Waals surface area contributed by atoms with Crippen molar-refractivity contribution in [2.75, 3.05) is 13.1 Å². The van der Waals surface area contributed by atoms with Gasteiger partial charge in [0.05, 0.1) is 6.17 Å². The molecule has 1 fully saturated rings. The molecule has 1 aromatic carbocycles. The molecule has 0 radical (unpaired) electrons. The molecule has 0 unspecified atom stereocenters. The van der Waals surface area contributed by atoms with E-state index in [9.17, 15) is 4.39 Å². The molecule has 82 valence electrons. The van der Waals surface area contributed by atoms with Crippen molar-refractivity contribution in [2.24, 2.45) is 5.92 Å². The monoisotopic (exact) mass is 208 g/mol. The first kappa shape index (κ1) is 10.6. The Hall–Kier alpha value is -0.930. The molecule has 1 heterocycles. The third-order valence-corrected chi connectivity index (χ3v) is 2.87. The molecule has 1 aliphatic heterocycles. The zero-order chi connectivity index (χ0) is 10.8. The van der Waals surface area contributed by atoms with E-state index in [0.29, 0.717) is 11.5 Å². The Bertz CT molecular complexity index is 343. The van der Waals surface area contributed by atoms with E-state index in [-0.39, 0.29) is 12.0 Å². The molecular formula is C12H17FN2. The number of hydrogen-bond acceptors (Lipinski definition) is 2. The van der Waals surface area contributed by atoms with Crippen LogP contribution in [0.5, 0.6) is 0 Å². The van der Waals surface area contributed by atoms with E-state index in [0.717, 1.165) is 18.7 Å². The fraction of sp³-hybridized carbons (Fsp3) is 0.500. The van der Waals surface area contributed by atoms with Crippen molar-refractivity contribution >= 4 is 0 Å². The Morgan fingerprint density at radius 2 is 1.93 bits per heavy atom. The van der Waals surface area contributed by atoms with Gasteiger partial charge >= 0.3 is 0 Å². The van der Waals surface area contributed by atoms with Crippen LogP contribution in [-0.2, 0) is 0 Å². The van der Waals surface area contributed by atoms with Gasteiger partial charge in [-0.3, -0.25) is 10.6 Å². The molecule has 1 aromatic rings. The topological polar surface area (TPSA) is 24.1 Å². The summed E-state index contributed by atoms with van der Waals surface area (Å²) in [4.78, 5) is 0. The van der Waals surface area contributed by atoms with Gasteiger partial charge in [0, 0.05) is 13.1 Å². The molecule has 0 bridgehead atoms. The van der Waals surface area contributed by atoms with Crippen molar-refractivity contribution in [1.29, 1.82) is 0 Å². The van der Waals surface area contributed by atoms with E-state index in [1.807, 2.05) is 12.1 Å². The number of rotatable bonds is 1. The maximum atomic E-state index is 13.4. The molecule has 0 aliphatic carbocycles. The van der Waals surface area contributed by atoms with Gasteiger partial charge in [0.1, 0.15) is 5.82 Å². The van der Waals surface area contributed by atoms with Gasteiger partial charge in [-0.15, -0.1) is 0 Å². The van der Waals surface area contributed by atoms with Crippen LogP contribution in [0.3, 0.4) is 0 Å². The van der Waals surface area contributed by atoms with Gasteiger partial charge in [0.2, 0.25) is 0 Å². The Kier molecular flexibility index (Phi) is 3.03. The minimum atomic E-state index is -0.130. The van der Waals surface area contributed by atoms with E-state index in [2.05, 4.69) is 17.6 Å². The van der Waals surface area contributed by atoms with E-state index >= 15 is 0 Å². The maximum Gasteiger partial charge on any atom is 0.126 e. The summed E-state index contributed by atoms with van der Waals surface area (Å²) in [6.07, 6.45) is 0.0938. The second-order valence-electron chi connectivity index (χ2n) is 4.36. The molecule has 0 saturated carbocycles. The van der Waals surface area contributed by atoms with Crippen molar-refractivity contribution < 1.29 is 4.39 Å². The van der Waals surface area contributed by atoms with Crippen LogP contribution in [0, 0.1) is 18.7 Å². The maximum absolute atomic E-state index is 13.4. The summed E-state index contributed by atoms with van der Waals surface area (Å²) in [5.74, 6) is 0.506. The van der Waals surface area contributed by atoms with Gasteiger partial charge in [0.15, 0.2) is 0 Å². The molecule has 1 aliphatic rings. The highest BCUT2D eigenvalue weighted by Crippen LogP contribution is 2.17. The van der Waals surface area contributed by atoms with Crippen LogP contribution in [0.4, 0.5) is 4.39 Å². The highest BCUT2D eigenvalue weighted by molar-refractivity contribution is 5.25. The number of aryl methyl sites for hydroxylation is 1. The predicted octanol–water partition coefficient (Wildman–Crippen LogP) is 1.96. The molecule has 0 spiro atoms. The second kappa shape index (κ2) is 4.29. The van der Waals surface area contributed by atoms with E-state index < -0.39 is 0 Å². The summed E-state index contributed by atoms with van der Waals surface area (Å²) < 4.78 is 13.4. The normalized spacial score (nSPS) is 26.6. The van der Waals surface area contributed by atoms with E-state index in [4.69, 9.17) is 0 Å². The van der Waals surface area contributed by atoms with Crippen LogP contribution in [0.25, 0.3) is 0 Å².